The summed E-state index contributed by atoms with van der Waals surface area (Å²) < 4.78 is 0. The Kier molecular flexibility index (Phi) is 1.84. The Bertz CT molecular complexity index is 475. The van der Waals surface area contributed by atoms with E-state index in [1.165, 1.54) is 0 Å². The molecule has 0 spiro atoms. The number of thiol groups is 1. The molecule has 0 atom stereocenters. The van der Waals surface area contributed by atoms with E-state index in [0.29, 0.717) is 5.56 Å². The third-order valence-corrected chi connectivity index (χ3v) is 2.11. The molecule has 0 fully saturated rings. The van der Waals surface area contributed by atoms with Crippen LogP contribution >= 0.6 is 12.6 Å². The van der Waals surface area contributed by atoms with Crippen LogP contribution in [0.3, 0.4) is 0 Å². The van der Waals surface area contributed by atoms with Gasteiger partial charge in [-0.15, -0.1) is 12.6 Å². The van der Waals surface area contributed by atoms with E-state index in [1.807, 2.05) is 13.0 Å². The van der Waals surface area contributed by atoms with Gasteiger partial charge in [0.05, 0.1) is 11.0 Å². The van der Waals surface area contributed by atoms with E-state index >= 15 is 0 Å². The molecule has 13 heavy (non-hydrogen) atoms. The zero-order chi connectivity index (χ0) is 9.42. The lowest BCUT2D eigenvalue weighted by atomic mass is 10.2. The van der Waals surface area contributed by atoms with Crippen LogP contribution in [0.4, 0.5) is 0 Å². The molecule has 1 heterocycles. The standard InChI is InChI=1S/C9H8N2OS/c1-5-10-7-3-2-6(9(12)13)4-8(7)11-5/h2-4H,1H3,(H,10,11)(H,12,13). The van der Waals surface area contributed by atoms with Gasteiger partial charge in [0.2, 0.25) is 5.12 Å². The highest BCUT2D eigenvalue weighted by atomic mass is 32.1. The van der Waals surface area contributed by atoms with Crippen LogP contribution in [-0.2, 0) is 0 Å². The maximum atomic E-state index is 10.9. The molecule has 0 bridgehead atoms. The molecule has 0 saturated carbocycles. The number of nitrogens with zero attached hydrogens (tertiary/aromatic N) is 1. The Morgan fingerprint density at radius 2 is 2.31 bits per heavy atom. The summed E-state index contributed by atoms with van der Waals surface area (Å²) in [6.07, 6.45) is 0. The number of aromatic nitrogens is 2. The summed E-state index contributed by atoms with van der Waals surface area (Å²) in [5.74, 6) is 0.846. The van der Waals surface area contributed by atoms with Crippen LogP contribution in [0.5, 0.6) is 0 Å². The highest BCUT2D eigenvalue weighted by Gasteiger charge is 2.03. The number of hydrogen-bond donors (Lipinski definition) is 2. The highest BCUT2D eigenvalue weighted by molar-refractivity contribution is 7.97. The van der Waals surface area contributed by atoms with Crippen LogP contribution in [0.1, 0.15) is 16.2 Å². The van der Waals surface area contributed by atoms with Crippen molar-refractivity contribution in [1.82, 2.24) is 9.97 Å². The number of rotatable bonds is 1. The number of H-pyrrole nitrogens is 1. The van der Waals surface area contributed by atoms with Crippen molar-refractivity contribution in [2.45, 2.75) is 6.92 Å². The predicted octanol–water partition coefficient (Wildman–Crippen LogP) is 1.94. The molecule has 0 aliphatic rings. The fourth-order valence-electron chi connectivity index (χ4n) is 1.27. The van der Waals surface area contributed by atoms with Gasteiger partial charge in [-0.25, -0.2) is 4.98 Å². The fourth-order valence-corrected chi connectivity index (χ4v) is 1.41. The number of nitrogens with one attached hydrogen (secondary N) is 1. The first-order valence-corrected chi connectivity index (χ1v) is 4.31. The molecule has 0 amide bonds. The number of carbonyl (C=O) groups excluding carboxylic acids is 1. The van der Waals surface area contributed by atoms with Crippen molar-refractivity contribution in [2.24, 2.45) is 0 Å². The van der Waals surface area contributed by atoms with Gasteiger partial charge in [-0.05, 0) is 25.1 Å². The Labute approximate surface area is 80.6 Å². The first-order valence-electron chi connectivity index (χ1n) is 3.86. The Balaban J connectivity index is 2.67. The first-order chi connectivity index (χ1) is 6.16. The number of carbonyl (C=O) groups is 1. The number of hydrogen-bond acceptors (Lipinski definition) is 2. The van der Waals surface area contributed by atoms with Crippen molar-refractivity contribution in [2.75, 3.05) is 0 Å². The molecule has 2 aromatic rings. The molecule has 66 valence electrons. The third-order valence-electron chi connectivity index (χ3n) is 1.85. The molecule has 3 nitrogen and oxygen atoms in total. The van der Waals surface area contributed by atoms with E-state index in [0.717, 1.165) is 16.9 Å². The van der Waals surface area contributed by atoms with Gasteiger partial charge < -0.3 is 4.98 Å². The molecule has 0 aliphatic carbocycles. The monoisotopic (exact) mass is 192 g/mol. The molecule has 0 radical (unpaired) electrons. The average molecular weight is 192 g/mol. The number of aromatic amines is 1. The summed E-state index contributed by atoms with van der Waals surface area (Å²) in [4.78, 5) is 18.2. The minimum atomic E-state index is -0.228. The zero-order valence-electron chi connectivity index (χ0n) is 7.03. The summed E-state index contributed by atoms with van der Waals surface area (Å²) in [5, 5.41) is -0.228. The molecule has 0 aliphatic heterocycles. The first kappa shape index (κ1) is 8.31. The van der Waals surface area contributed by atoms with E-state index in [4.69, 9.17) is 0 Å². The molecule has 4 heteroatoms. The minimum absolute atomic E-state index is 0.228. The lowest BCUT2D eigenvalue weighted by Crippen LogP contribution is -1.87. The largest absolute Gasteiger partial charge is 0.342 e. The van der Waals surface area contributed by atoms with Gasteiger partial charge >= 0.3 is 0 Å². The Hall–Kier alpha value is -1.29. The van der Waals surface area contributed by atoms with Crippen LogP contribution in [-0.4, -0.2) is 15.1 Å². The van der Waals surface area contributed by atoms with Crippen LogP contribution in [0.25, 0.3) is 11.0 Å². The van der Waals surface area contributed by atoms with Crippen LogP contribution in [0.2, 0.25) is 0 Å². The van der Waals surface area contributed by atoms with Crippen LogP contribution in [0.15, 0.2) is 18.2 Å². The summed E-state index contributed by atoms with van der Waals surface area (Å²) >= 11 is 3.75. The molecule has 1 aromatic heterocycles. The van der Waals surface area contributed by atoms with Crippen LogP contribution < -0.4 is 0 Å². The average Bonchev–Trinajstić information content (AvgIpc) is 2.42. The number of imidazole rings is 1. The van der Waals surface area contributed by atoms with Crippen molar-refractivity contribution in [3.63, 3.8) is 0 Å². The maximum Gasteiger partial charge on any atom is 0.216 e. The molecule has 1 N–H and O–H groups in total. The fraction of sp³-hybridized carbons (Fsp3) is 0.111. The third kappa shape index (κ3) is 1.45. The molecule has 1 aromatic carbocycles. The smallest absolute Gasteiger partial charge is 0.216 e. The topological polar surface area (TPSA) is 45.8 Å². The van der Waals surface area contributed by atoms with Crippen molar-refractivity contribution in [3.8, 4) is 0 Å². The predicted molar refractivity (Wildman–Crippen MR) is 54.1 cm³/mol. The van der Waals surface area contributed by atoms with E-state index in [1.54, 1.807) is 12.1 Å². The quantitative estimate of drug-likeness (QED) is 0.678. The van der Waals surface area contributed by atoms with Crippen LogP contribution in [0, 0.1) is 6.92 Å². The van der Waals surface area contributed by atoms with Gasteiger partial charge in [-0.1, -0.05) is 0 Å². The highest BCUT2D eigenvalue weighted by Crippen LogP contribution is 2.14. The lowest BCUT2D eigenvalue weighted by molar-refractivity contribution is 0.109. The van der Waals surface area contributed by atoms with E-state index in [-0.39, 0.29) is 5.12 Å². The molecule has 0 unspecified atom stereocenters. The SMILES string of the molecule is Cc1nc2ccc(C(=O)S)cc2[nH]1. The summed E-state index contributed by atoms with van der Waals surface area (Å²) in [6, 6.07) is 5.28. The van der Waals surface area contributed by atoms with Crippen molar-refractivity contribution in [1.29, 1.82) is 0 Å². The molecular weight excluding hydrogens is 184 g/mol. The van der Waals surface area contributed by atoms with E-state index in [2.05, 4.69) is 22.6 Å². The normalized spacial score (nSPS) is 10.6. The van der Waals surface area contributed by atoms with Crippen molar-refractivity contribution >= 4 is 28.8 Å². The summed E-state index contributed by atoms with van der Waals surface area (Å²) in [6.45, 7) is 1.88. The van der Waals surface area contributed by atoms with Gasteiger partial charge in [0.25, 0.3) is 0 Å². The number of aryl methyl sites for hydroxylation is 1. The maximum absolute atomic E-state index is 10.9. The number of benzene rings is 1. The second-order valence-corrected chi connectivity index (χ2v) is 3.27. The molecule has 0 saturated heterocycles. The van der Waals surface area contributed by atoms with E-state index < -0.39 is 0 Å². The van der Waals surface area contributed by atoms with Crippen molar-refractivity contribution in [3.05, 3.63) is 29.6 Å². The van der Waals surface area contributed by atoms with Gasteiger partial charge in [-0.2, -0.15) is 0 Å². The zero-order valence-corrected chi connectivity index (χ0v) is 7.93. The molecular formula is C9H8N2OS. The Morgan fingerprint density at radius 3 is 3.00 bits per heavy atom. The van der Waals surface area contributed by atoms with Gasteiger partial charge in [0, 0.05) is 5.56 Å². The second kappa shape index (κ2) is 2.88. The second-order valence-electron chi connectivity index (χ2n) is 2.86. The minimum Gasteiger partial charge on any atom is -0.342 e. The lowest BCUT2D eigenvalue weighted by Gasteiger charge is -1.92. The Morgan fingerprint density at radius 1 is 1.54 bits per heavy atom. The van der Waals surface area contributed by atoms with Gasteiger partial charge in [0.15, 0.2) is 0 Å². The van der Waals surface area contributed by atoms with E-state index in [9.17, 15) is 4.79 Å². The summed E-state index contributed by atoms with van der Waals surface area (Å²) in [7, 11) is 0. The summed E-state index contributed by atoms with van der Waals surface area (Å²) in [5.41, 5.74) is 2.33. The molecule has 2 rings (SSSR count). The van der Waals surface area contributed by atoms with Gasteiger partial charge in [-0.3, -0.25) is 4.79 Å². The van der Waals surface area contributed by atoms with Gasteiger partial charge in [0.1, 0.15) is 5.82 Å². The number of fused-ring (bicyclic) bond motifs is 1. The van der Waals surface area contributed by atoms with Crippen molar-refractivity contribution < 1.29 is 4.79 Å².